The summed E-state index contributed by atoms with van der Waals surface area (Å²) < 4.78 is 1.99. The predicted molar refractivity (Wildman–Crippen MR) is 58.6 cm³/mol. The van der Waals surface area contributed by atoms with Gasteiger partial charge in [0, 0.05) is 6.04 Å². The highest BCUT2D eigenvalue weighted by molar-refractivity contribution is 5.81. The molecule has 0 bridgehead atoms. The minimum absolute atomic E-state index is 0.207. The monoisotopic (exact) mass is 219 g/mol. The van der Waals surface area contributed by atoms with Crippen LogP contribution in [0.2, 0.25) is 0 Å². The molecule has 6 heteroatoms. The van der Waals surface area contributed by atoms with Crippen LogP contribution in [0.15, 0.2) is 12.7 Å². The Morgan fingerprint density at radius 1 is 1.31 bits per heavy atom. The lowest BCUT2D eigenvalue weighted by molar-refractivity contribution is 0.178. The van der Waals surface area contributed by atoms with Gasteiger partial charge >= 0.3 is 0 Å². The van der Waals surface area contributed by atoms with E-state index in [-0.39, 0.29) is 12.1 Å². The molecule has 2 aromatic rings. The van der Waals surface area contributed by atoms with Gasteiger partial charge in [-0.3, -0.25) is 0 Å². The average Bonchev–Trinajstić information content (AvgIpc) is 2.84. The summed E-state index contributed by atoms with van der Waals surface area (Å²) in [7, 11) is 0. The topological polar surface area (TPSA) is 89.9 Å². The zero-order chi connectivity index (χ0) is 11.1. The Balaban J connectivity index is 2.08. The summed E-state index contributed by atoms with van der Waals surface area (Å²) >= 11 is 0. The Labute approximate surface area is 92.1 Å². The van der Waals surface area contributed by atoms with E-state index in [1.54, 1.807) is 6.33 Å². The largest absolute Gasteiger partial charge is 0.393 e. The highest BCUT2D eigenvalue weighted by Crippen LogP contribution is 2.32. The van der Waals surface area contributed by atoms with Crippen LogP contribution in [0.25, 0.3) is 11.2 Å². The van der Waals surface area contributed by atoms with E-state index < -0.39 is 0 Å². The summed E-state index contributed by atoms with van der Waals surface area (Å²) in [4.78, 5) is 12.3. The second kappa shape index (κ2) is 3.41. The molecular weight excluding hydrogens is 206 g/mol. The van der Waals surface area contributed by atoms with Crippen molar-refractivity contribution in [3.05, 3.63) is 12.7 Å². The number of hydrogen-bond acceptors (Lipinski definition) is 5. The lowest BCUT2D eigenvalue weighted by Crippen LogP contribution is -2.07. The van der Waals surface area contributed by atoms with Crippen molar-refractivity contribution in [3.8, 4) is 0 Å². The van der Waals surface area contributed by atoms with Gasteiger partial charge in [0.2, 0.25) is 0 Å². The number of imidazole rings is 1. The number of rotatable bonds is 1. The molecule has 1 saturated carbocycles. The van der Waals surface area contributed by atoms with Gasteiger partial charge in [-0.15, -0.1) is 0 Å². The van der Waals surface area contributed by atoms with Crippen molar-refractivity contribution in [2.45, 2.75) is 31.4 Å². The number of aromatic nitrogens is 4. The van der Waals surface area contributed by atoms with Crippen molar-refractivity contribution in [1.82, 2.24) is 19.5 Å². The Kier molecular flexibility index (Phi) is 2.03. The molecule has 2 heterocycles. The fourth-order valence-corrected chi connectivity index (χ4v) is 2.32. The maximum absolute atomic E-state index is 9.53. The summed E-state index contributed by atoms with van der Waals surface area (Å²) in [6.07, 6.45) is 5.53. The molecule has 2 atom stereocenters. The molecule has 0 unspecified atom stereocenters. The van der Waals surface area contributed by atoms with Gasteiger partial charge in [-0.25, -0.2) is 15.0 Å². The van der Waals surface area contributed by atoms with Crippen molar-refractivity contribution >= 4 is 17.0 Å². The number of nitrogens with two attached hydrogens (primary N) is 1. The lowest BCUT2D eigenvalue weighted by atomic mass is 10.2. The minimum Gasteiger partial charge on any atom is -0.393 e. The zero-order valence-corrected chi connectivity index (χ0v) is 8.74. The molecule has 1 fully saturated rings. The van der Waals surface area contributed by atoms with E-state index in [2.05, 4.69) is 15.0 Å². The van der Waals surface area contributed by atoms with Crippen LogP contribution >= 0.6 is 0 Å². The molecule has 0 aliphatic heterocycles. The first-order valence-electron chi connectivity index (χ1n) is 5.37. The molecule has 16 heavy (non-hydrogen) atoms. The summed E-state index contributed by atoms with van der Waals surface area (Å²) in [6.45, 7) is 0. The van der Waals surface area contributed by atoms with E-state index in [0.29, 0.717) is 11.3 Å². The summed E-state index contributed by atoms with van der Waals surface area (Å²) in [5.41, 5.74) is 7.12. The van der Waals surface area contributed by atoms with Crippen molar-refractivity contribution in [3.63, 3.8) is 0 Å². The van der Waals surface area contributed by atoms with Gasteiger partial charge < -0.3 is 15.4 Å². The van der Waals surface area contributed by atoms with E-state index >= 15 is 0 Å². The maximum atomic E-state index is 9.53. The summed E-state index contributed by atoms with van der Waals surface area (Å²) in [6, 6.07) is 0.272. The van der Waals surface area contributed by atoms with E-state index in [9.17, 15) is 5.11 Å². The van der Waals surface area contributed by atoms with Crippen LogP contribution in [0.3, 0.4) is 0 Å². The van der Waals surface area contributed by atoms with Gasteiger partial charge in [-0.1, -0.05) is 0 Å². The summed E-state index contributed by atoms with van der Waals surface area (Å²) in [5, 5.41) is 9.53. The fraction of sp³-hybridized carbons (Fsp3) is 0.500. The number of hydrogen-bond donors (Lipinski definition) is 2. The van der Waals surface area contributed by atoms with Crippen LogP contribution in [0.4, 0.5) is 5.82 Å². The highest BCUT2D eigenvalue weighted by atomic mass is 16.3. The fourth-order valence-electron chi connectivity index (χ4n) is 2.32. The van der Waals surface area contributed by atoms with Crippen LogP contribution in [0.5, 0.6) is 0 Å². The molecule has 6 nitrogen and oxygen atoms in total. The van der Waals surface area contributed by atoms with Crippen LogP contribution in [-0.2, 0) is 0 Å². The molecular formula is C10H13N5O. The van der Waals surface area contributed by atoms with Crippen LogP contribution in [0.1, 0.15) is 25.3 Å². The van der Waals surface area contributed by atoms with Crippen molar-refractivity contribution in [2.24, 2.45) is 0 Å². The third-order valence-electron chi connectivity index (χ3n) is 3.16. The van der Waals surface area contributed by atoms with Gasteiger partial charge in [-0.2, -0.15) is 0 Å². The molecule has 0 spiro atoms. The molecule has 0 radical (unpaired) electrons. The maximum Gasteiger partial charge on any atom is 0.165 e. The van der Waals surface area contributed by atoms with Gasteiger partial charge in [0.15, 0.2) is 11.5 Å². The lowest BCUT2D eigenvalue weighted by Gasteiger charge is -2.11. The molecule has 0 saturated heterocycles. The third kappa shape index (κ3) is 1.34. The van der Waals surface area contributed by atoms with Gasteiger partial charge in [0.25, 0.3) is 0 Å². The molecule has 84 valence electrons. The zero-order valence-electron chi connectivity index (χ0n) is 8.74. The Hall–Kier alpha value is -1.69. The molecule has 0 amide bonds. The Morgan fingerprint density at radius 2 is 2.19 bits per heavy atom. The predicted octanol–water partition coefficient (Wildman–Crippen LogP) is 0.494. The van der Waals surface area contributed by atoms with Gasteiger partial charge in [0.05, 0.1) is 12.4 Å². The van der Waals surface area contributed by atoms with Crippen LogP contribution in [-0.4, -0.2) is 30.7 Å². The second-order valence-electron chi connectivity index (χ2n) is 4.20. The number of aliphatic hydroxyl groups excluding tert-OH is 1. The standard InChI is InChI=1S/C10H13N5O/c11-9-8-10(13-4-12-9)15(5-14-8)6-1-2-7(16)3-6/h4-7,16H,1-3H2,(H2,11,12,13)/t6-,7+/m0/s1. The summed E-state index contributed by atoms with van der Waals surface area (Å²) in [5.74, 6) is 0.405. The van der Waals surface area contributed by atoms with Crippen molar-refractivity contribution < 1.29 is 5.11 Å². The number of nitrogen functional groups attached to an aromatic ring is 1. The SMILES string of the molecule is Nc1ncnc2c1ncn2[C@H]1CC[C@@H](O)C1. The highest BCUT2D eigenvalue weighted by Gasteiger charge is 2.25. The molecule has 3 N–H and O–H groups in total. The molecule has 0 aromatic carbocycles. The van der Waals surface area contributed by atoms with Crippen molar-refractivity contribution in [2.75, 3.05) is 5.73 Å². The Morgan fingerprint density at radius 3 is 2.94 bits per heavy atom. The molecule has 1 aliphatic carbocycles. The number of aliphatic hydroxyl groups is 1. The first kappa shape index (κ1) is 9.53. The average molecular weight is 219 g/mol. The molecule has 1 aliphatic rings. The van der Waals surface area contributed by atoms with E-state index in [1.165, 1.54) is 6.33 Å². The van der Waals surface area contributed by atoms with Gasteiger partial charge in [-0.05, 0) is 19.3 Å². The Bertz CT molecular complexity index is 523. The number of nitrogens with zero attached hydrogens (tertiary/aromatic N) is 4. The quantitative estimate of drug-likeness (QED) is 0.728. The van der Waals surface area contributed by atoms with Gasteiger partial charge in [0.1, 0.15) is 11.8 Å². The van der Waals surface area contributed by atoms with E-state index in [4.69, 9.17) is 5.73 Å². The molecule has 2 aromatic heterocycles. The van der Waals surface area contributed by atoms with Crippen LogP contribution in [0, 0.1) is 0 Å². The first-order valence-corrected chi connectivity index (χ1v) is 5.37. The van der Waals surface area contributed by atoms with E-state index in [0.717, 1.165) is 24.9 Å². The number of fused-ring (bicyclic) bond motifs is 1. The van der Waals surface area contributed by atoms with Crippen LogP contribution < -0.4 is 5.73 Å². The smallest absolute Gasteiger partial charge is 0.165 e. The van der Waals surface area contributed by atoms with Crippen molar-refractivity contribution in [1.29, 1.82) is 0 Å². The normalized spacial score (nSPS) is 25.3. The second-order valence-corrected chi connectivity index (χ2v) is 4.20. The molecule has 3 rings (SSSR count). The first-order chi connectivity index (χ1) is 7.75. The number of anilines is 1. The third-order valence-corrected chi connectivity index (χ3v) is 3.16. The van der Waals surface area contributed by atoms with E-state index in [1.807, 2.05) is 4.57 Å². The minimum atomic E-state index is -0.207.